The summed E-state index contributed by atoms with van der Waals surface area (Å²) in [4.78, 5) is 0. The fourth-order valence-corrected chi connectivity index (χ4v) is 1.86. The van der Waals surface area contributed by atoms with E-state index in [1.165, 1.54) is 6.07 Å². The molecule has 1 aromatic carbocycles. The predicted molar refractivity (Wildman–Crippen MR) is 68.7 cm³/mol. The molecule has 2 atom stereocenters. The number of nitrogens with one attached hydrogen (secondary N) is 1. The third-order valence-corrected chi connectivity index (χ3v) is 3.18. The monoisotopic (exact) mass is 275 g/mol. The first-order valence-electron chi connectivity index (χ1n) is 6.29. The molecule has 0 aliphatic carbocycles. The van der Waals surface area contributed by atoms with E-state index in [1.54, 1.807) is 13.0 Å². The van der Waals surface area contributed by atoms with Crippen LogP contribution in [-0.2, 0) is 6.18 Å². The van der Waals surface area contributed by atoms with Gasteiger partial charge in [-0.1, -0.05) is 26.0 Å². The fourth-order valence-electron chi connectivity index (χ4n) is 1.86. The van der Waals surface area contributed by atoms with Crippen molar-refractivity contribution in [2.24, 2.45) is 5.92 Å². The molecule has 0 aliphatic heterocycles. The Labute approximate surface area is 111 Å². The molecule has 1 unspecified atom stereocenters. The number of alkyl halides is 3. The molecule has 0 aromatic heterocycles. The number of aliphatic hydroxyl groups is 1. The first-order chi connectivity index (χ1) is 8.75. The van der Waals surface area contributed by atoms with Crippen molar-refractivity contribution in [3.63, 3.8) is 0 Å². The summed E-state index contributed by atoms with van der Waals surface area (Å²) in [6.07, 6.45) is -4.33. The van der Waals surface area contributed by atoms with Crippen molar-refractivity contribution in [2.45, 2.75) is 39.0 Å². The van der Waals surface area contributed by atoms with Gasteiger partial charge in [0, 0.05) is 12.1 Å². The van der Waals surface area contributed by atoms with E-state index in [9.17, 15) is 18.3 Å². The van der Waals surface area contributed by atoms with Crippen molar-refractivity contribution >= 4 is 0 Å². The summed E-state index contributed by atoms with van der Waals surface area (Å²) in [5.41, 5.74) is -0.0855. The van der Waals surface area contributed by atoms with Gasteiger partial charge in [0.2, 0.25) is 0 Å². The number of hydrogen-bond acceptors (Lipinski definition) is 2. The van der Waals surface area contributed by atoms with Crippen molar-refractivity contribution < 1.29 is 18.3 Å². The Morgan fingerprint density at radius 3 is 2.32 bits per heavy atom. The minimum Gasteiger partial charge on any atom is -0.395 e. The molecule has 108 valence electrons. The second-order valence-electron chi connectivity index (χ2n) is 5.04. The molecule has 2 nitrogen and oxygen atoms in total. The van der Waals surface area contributed by atoms with E-state index in [2.05, 4.69) is 5.32 Å². The fraction of sp³-hybridized carbons (Fsp3) is 0.571. The van der Waals surface area contributed by atoms with Crippen molar-refractivity contribution in [3.05, 3.63) is 35.4 Å². The third kappa shape index (κ3) is 4.51. The van der Waals surface area contributed by atoms with E-state index in [1.807, 2.05) is 13.8 Å². The summed E-state index contributed by atoms with van der Waals surface area (Å²) < 4.78 is 37.9. The van der Waals surface area contributed by atoms with Crippen LogP contribution >= 0.6 is 0 Å². The number of halogens is 3. The number of aliphatic hydroxyl groups excluding tert-OH is 1. The third-order valence-electron chi connectivity index (χ3n) is 3.18. The summed E-state index contributed by atoms with van der Waals surface area (Å²) >= 11 is 0. The van der Waals surface area contributed by atoms with Crippen LogP contribution in [0.2, 0.25) is 0 Å². The van der Waals surface area contributed by atoms with Crippen molar-refractivity contribution in [3.8, 4) is 0 Å². The average Bonchev–Trinajstić information content (AvgIpc) is 2.34. The zero-order valence-electron chi connectivity index (χ0n) is 11.3. The van der Waals surface area contributed by atoms with Crippen molar-refractivity contribution in [1.29, 1.82) is 0 Å². The summed E-state index contributed by atoms with van der Waals surface area (Å²) in [6, 6.07) is 4.88. The zero-order valence-corrected chi connectivity index (χ0v) is 11.3. The first kappa shape index (κ1) is 16.0. The van der Waals surface area contributed by atoms with Gasteiger partial charge in [0.15, 0.2) is 0 Å². The minimum absolute atomic E-state index is 0.0407. The number of benzene rings is 1. The average molecular weight is 275 g/mol. The zero-order chi connectivity index (χ0) is 14.6. The van der Waals surface area contributed by atoms with E-state index in [-0.39, 0.29) is 24.6 Å². The molecule has 0 fully saturated rings. The Kier molecular flexibility index (Phi) is 5.38. The molecule has 2 N–H and O–H groups in total. The molecule has 0 radical (unpaired) electrons. The molecule has 5 heteroatoms. The Morgan fingerprint density at radius 1 is 1.21 bits per heavy atom. The Bertz CT molecular complexity index is 404. The largest absolute Gasteiger partial charge is 0.416 e. The summed E-state index contributed by atoms with van der Waals surface area (Å²) in [5.74, 6) is 0.207. The Hall–Kier alpha value is -1.07. The molecule has 1 aromatic rings. The van der Waals surface area contributed by atoms with Gasteiger partial charge in [-0.25, -0.2) is 0 Å². The molecule has 19 heavy (non-hydrogen) atoms. The maximum absolute atomic E-state index is 12.6. The van der Waals surface area contributed by atoms with Gasteiger partial charge < -0.3 is 10.4 Å². The van der Waals surface area contributed by atoms with Gasteiger partial charge in [0.05, 0.1) is 12.2 Å². The lowest BCUT2D eigenvalue weighted by atomic mass is 10.0. The second kappa shape index (κ2) is 6.39. The first-order valence-corrected chi connectivity index (χ1v) is 6.29. The predicted octanol–water partition coefficient (Wildman–Crippen LogP) is 3.37. The topological polar surface area (TPSA) is 32.3 Å². The number of hydrogen-bond donors (Lipinski definition) is 2. The second-order valence-corrected chi connectivity index (χ2v) is 5.04. The minimum atomic E-state index is -4.33. The maximum Gasteiger partial charge on any atom is 0.416 e. The van der Waals surface area contributed by atoms with E-state index < -0.39 is 11.7 Å². The normalized spacial score (nSPS) is 15.6. The molecule has 0 saturated carbocycles. The van der Waals surface area contributed by atoms with E-state index in [0.29, 0.717) is 5.56 Å². The standard InChI is InChI=1S/C14H20F3NO/c1-9(2)13(8-19)18-10(3)11-5-4-6-12(7-11)14(15,16)17/h4-7,9-10,13,18-19H,8H2,1-3H3/t10?,13-/m1/s1. The van der Waals surface area contributed by atoms with Gasteiger partial charge in [-0.3, -0.25) is 0 Å². The molecule has 0 aliphatic rings. The van der Waals surface area contributed by atoms with Crippen LogP contribution in [0.5, 0.6) is 0 Å². The summed E-state index contributed by atoms with van der Waals surface area (Å²) in [6.45, 7) is 5.65. The molecular weight excluding hydrogens is 255 g/mol. The van der Waals surface area contributed by atoms with Crippen molar-refractivity contribution in [2.75, 3.05) is 6.61 Å². The Morgan fingerprint density at radius 2 is 1.84 bits per heavy atom. The lowest BCUT2D eigenvalue weighted by Crippen LogP contribution is -2.38. The highest BCUT2D eigenvalue weighted by atomic mass is 19.4. The van der Waals surface area contributed by atoms with E-state index >= 15 is 0 Å². The quantitative estimate of drug-likeness (QED) is 0.863. The van der Waals surface area contributed by atoms with Gasteiger partial charge in [0.1, 0.15) is 0 Å². The van der Waals surface area contributed by atoms with Gasteiger partial charge in [-0.05, 0) is 30.5 Å². The van der Waals surface area contributed by atoms with Crippen LogP contribution < -0.4 is 5.32 Å². The molecule has 0 bridgehead atoms. The van der Waals surface area contributed by atoms with Crippen LogP contribution in [0, 0.1) is 5.92 Å². The molecular formula is C14H20F3NO. The van der Waals surface area contributed by atoms with Crippen LogP contribution in [-0.4, -0.2) is 17.8 Å². The highest BCUT2D eigenvalue weighted by molar-refractivity contribution is 5.27. The van der Waals surface area contributed by atoms with Crippen LogP contribution in [0.15, 0.2) is 24.3 Å². The highest BCUT2D eigenvalue weighted by Gasteiger charge is 2.30. The van der Waals surface area contributed by atoms with Gasteiger partial charge in [-0.15, -0.1) is 0 Å². The molecule has 0 heterocycles. The lowest BCUT2D eigenvalue weighted by Gasteiger charge is -2.25. The molecule has 0 saturated heterocycles. The van der Waals surface area contributed by atoms with Crippen LogP contribution in [0.25, 0.3) is 0 Å². The smallest absolute Gasteiger partial charge is 0.395 e. The molecule has 0 spiro atoms. The van der Waals surface area contributed by atoms with Crippen molar-refractivity contribution in [1.82, 2.24) is 5.32 Å². The van der Waals surface area contributed by atoms with Gasteiger partial charge in [0.25, 0.3) is 0 Å². The number of rotatable bonds is 5. The molecule has 1 rings (SSSR count). The van der Waals surface area contributed by atoms with Crippen LogP contribution in [0.3, 0.4) is 0 Å². The van der Waals surface area contributed by atoms with E-state index in [4.69, 9.17) is 0 Å². The maximum atomic E-state index is 12.6. The van der Waals surface area contributed by atoms with E-state index in [0.717, 1.165) is 12.1 Å². The lowest BCUT2D eigenvalue weighted by molar-refractivity contribution is -0.137. The summed E-state index contributed by atoms with van der Waals surface area (Å²) in [7, 11) is 0. The van der Waals surface area contributed by atoms with Gasteiger partial charge in [-0.2, -0.15) is 13.2 Å². The molecule has 0 amide bonds. The SMILES string of the molecule is CC(N[C@H](CO)C(C)C)c1cccc(C(F)(F)F)c1. The highest BCUT2D eigenvalue weighted by Crippen LogP contribution is 2.30. The Balaban J connectivity index is 2.85. The van der Waals surface area contributed by atoms with Crippen LogP contribution in [0.4, 0.5) is 13.2 Å². The van der Waals surface area contributed by atoms with Crippen LogP contribution in [0.1, 0.15) is 37.9 Å². The van der Waals surface area contributed by atoms with Gasteiger partial charge >= 0.3 is 6.18 Å². The summed E-state index contributed by atoms with van der Waals surface area (Å²) in [5, 5.41) is 12.4.